The first kappa shape index (κ1) is 11.1. The number of aromatic nitrogens is 2. The molecule has 17 heavy (non-hydrogen) atoms. The lowest BCUT2D eigenvalue weighted by Gasteiger charge is -2.30. The van der Waals surface area contributed by atoms with Crippen molar-refractivity contribution in [3.63, 3.8) is 0 Å². The van der Waals surface area contributed by atoms with Crippen molar-refractivity contribution in [2.75, 3.05) is 6.54 Å². The van der Waals surface area contributed by atoms with Gasteiger partial charge >= 0.3 is 0 Å². The van der Waals surface area contributed by atoms with Crippen LogP contribution in [0.4, 0.5) is 0 Å². The predicted molar refractivity (Wildman–Crippen MR) is 70.3 cm³/mol. The molecule has 1 aromatic heterocycles. The Kier molecular flexibility index (Phi) is 2.60. The minimum absolute atomic E-state index is 0.576. The van der Waals surface area contributed by atoms with Crippen LogP contribution in [0, 0.1) is 0 Å². The third kappa shape index (κ3) is 1.83. The van der Waals surface area contributed by atoms with E-state index < -0.39 is 0 Å². The zero-order valence-electron chi connectivity index (χ0n) is 10.2. The van der Waals surface area contributed by atoms with Gasteiger partial charge in [0.15, 0.2) is 0 Å². The standard InChI is InChI=1S/C13H16ClN3/c1-9(2)16-5-6-17-12-4-3-10(14)7-11(12)15-13(17)8-16/h3-4,7,9H,5-6,8H2,1-2H3. The molecular weight excluding hydrogens is 234 g/mol. The Morgan fingerprint density at radius 2 is 2.12 bits per heavy atom. The van der Waals surface area contributed by atoms with Crippen molar-refractivity contribution in [2.24, 2.45) is 0 Å². The third-order valence-electron chi connectivity index (χ3n) is 3.47. The Balaban J connectivity index is 2.07. The van der Waals surface area contributed by atoms with Crippen LogP contribution in [-0.2, 0) is 13.1 Å². The SMILES string of the molecule is CC(C)N1CCn2c(nc3cc(Cl)ccc32)C1. The van der Waals surface area contributed by atoms with Crippen LogP contribution in [0.1, 0.15) is 19.7 Å². The highest BCUT2D eigenvalue weighted by atomic mass is 35.5. The molecule has 0 fully saturated rings. The lowest BCUT2D eigenvalue weighted by Crippen LogP contribution is -2.38. The van der Waals surface area contributed by atoms with E-state index in [0.29, 0.717) is 6.04 Å². The van der Waals surface area contributed by atoms with Gasteiger partial charge < -0.3 is 4.57 Å². The van der Waals surface area contributed by atoms with E-state index in [9.17, 15) is 0 Å². The van der Waals surface area contributed by atoms with Crippen molar-refractivity contribution in [3.05, 3.63) is 29.0 Å². The van der Waals surface area contributed by atoms with Gasteiger partial charge in [-0.15, -0.1) is 0 Å². The number of hydrogen-bond donors (Lipinski definition) is 0. The highest BCUT2D eigenvalue weighted by molar-refractivity contribution is 6.31. The van der Waals surface area contributed by atoms with Crippen LogP contribution in [0.5, 0.6) is 0 Å². The van der Waals surface area contributed by atoms with Crippen LogP contribution in [0.3, 0.4) is 0 Å². The number of rotatable bonds is 1. The molecule has 1 aromatic carbocycles. The first-order valence-corrected chi connectivity index (χ1v) is 6.41. The van der Waals surface area contributed by atoms with Crippen molar-refractivity contribution >= 4 is 22.6 Å². The van der Waals surface area contributed by atoms with Crippen molar-refractivity contribution in [2.45, 2.75) is 33.0 Å². The number of nitrogens with zero attached hydrogens (tertiary/aromatic N) is 3. The first-order valence-electron chi connectivity index (χ1n) is 6.04. The van der Waals surface area contributed by atoms with E-state index in [1.165, 1.54) is 5.52 Å². The number of hydrogen-bond acceptors (Lipinski definition) is 2. The van der Waals surface area contributed by atoms with E-state index in [1.54, 1.807) is 0 Å². The quantitative estimate of drug-likeness (QED) is 0.775. The molecule has 4 heteroatoms. The van der Waals surface area contributed by atoms with Gasteiger partial charge in [-0.2, -0.15) is 0 Å². The van der Waals surface area contributed by atoms with Crippen molar-refractivity contribution in [3.8, 4) is 0 Å². The van der Waals surface area contributed by atoms with Crippen LogP contribution in [0.2, 0.25) is 5.02 Å². The summed E-state index contributed by atoms with van der Waals surface area (Å²) in [6.07, 6.45) is 0. The van der Waals surface area contributed by atoms with E-state index in [-0.39, 0.29) is 0 Å². The number of halogens is 1. The normalized spacial score (nSPS) is 16.7. The number of benzene rings is 1. The van der Waals surface area contributed by atoms with Gasteiger partial charge in [0.25, 0.3) is 0 Å². The fraction of sp³-hybridized carbons (Fsp3) is 0.462. The number of imidazole rings is 1. The minimum atomic E-state index is 0.576. The smallest absolute Gasteiger partial charge is 0.124 e. The summed E-state index contributed by atoms with van der Waals surface area (Å²) in [4.78, 5) is 7.13. The second kappa shape index (κ2) is 4.00. The maximum atomic E-state index is 6.00. The molecule has 3 rings (SSSR count). The molecule has 0 radical (unpaired) electrons. The molecule has 0 saturated carbocycles. The van der Waals surface area contributed by atoms with Gasteiger partial charge in [-0.3, -0.25) is 4.90 Å². The largest absolute Gasteiger partial charge is 0.326 e. The highest BCUT2D eigenvalue weighted by Gasteiger charge is 2.21. The zero-order chi connectivity index (χ0) is 12.0. The Bertz CT molecular complexity index is 559. The molecule has 1 aliphatic heterocycles. The maximum Gasteiger partial charge on any atom is 0.124 e. The van der Waals surface area contributed by atoms with E-state index in [0.717, 1.165) is 36.0 Å². The van der Waals surface area contributed by atoms with E-state index >= 15 is 0 Å². The predicted octanol–water partition coefficient (Wildman–Crippen LogP) is 2.91. The highest BCUT2D eigenvalue weighted by Crippen LogP contribution is 2.24. The molecular formula is C13H16ClN3. The Morgan fingerprint density at radius 3 is 2.88 bits per heavy atom. The maximum absolute atomic E-state index is 6.00. The van der Waals surface area contributed by atoms with Crippen LogP contribution < -0.4 is 0 Å². The monoisotopic (exact) mass is 249 g/mol. The van der Waals surface area contributed by atoms with Gasteiger partial charge in [-0.1, -0.05) is 11.6 Å². The molecule has 2 aromatic rings. The molecule has 0 saturated heterocycles. The molecule has 0 spiro atoms. The van der Waals surface area contributed by atoms with Crippen LogP contribution in [0.15, 0.2) is 18.2 Å². The average molecular weight is 250 g/mol. The molecule has 0 N–H and O–H groups in total. The summed E-state index contributed by atoms with van der Waals surface area (Å²) < 4.78 is 2.31. The Morgan fingerprint density at radius 1 is 1.29 bits per heavy atom. The number of fused-ring (bicyclic) bond motifs is 3. The summed E-state index contributed by atoms with van der Waals surface area (Å²) in [6.45, 7) is 7.51. The van der Waals surface area contributed by atoms with Gasteiger partial charge in [-0.25, -0.2) is 4.98 Å². The molecule has 0 aliphatic carbocycles. The molecule has 0 unspecified atom stereocenters. The molecule has 0 bridgehead atoms. The van der Waals surface area contributed by atoms with Gasteiger partial charge in [0.2, 0.25) is 0 Å². The van der Waals surface area contributed by atoms with Gasteiger partial charge in [-0.05, 0) is 32.0 Å². The van der Waals surface area contributed by atoms with Crippen LogP contribution in [0.25, 0.3) is 11.0 Å². The summed E-state index contributed by atoms with van der Waals surface area (Å²) in [6, 6.07) is 6.53. The van der Waals surface area contributed by atoms with Gasteiger partial charge in [0, 0.05) is 24.2 Å². The van der Waals surface area contributed by atoms with Crippen molar-refractivity contribution in [1.82, 2.24) is 14.5 Å². The Hall–Kier alpha value is -1.06. The molecule has 0 atom stereocenters. The van der Waals surface area contributed by atoms with E-state index in [1.807, 2.05) is 12.1 Å². The van der Waals surface area contributed by atoms with Crippen LogP contribution >= 0.6 is 11.6 Å². The lowest BCUT2D eigenvalue weighted by molar-refractivity contribution is 0.175. The fourth-order valence-corrected chi connectivity index (χ4v) is 2.62. The van der Waals surface area contributed by atoms with Crippen molar-refractivity contribution in [1.29, 1.82) is 0 Å². The fourth-order valence-electron chi connectivity index (χ4n) is 2.45. The molecule has 3 nitrogen and oxygen atoms in total. The third-order valence-corrected chi connectivity index (χ3v) is 3.71. The lowest BCUT2D eigenvalue weighted by atomic mass is 10.2. The van der Waals surface area contributed by atoms with Crippen molar-refractivity contribution < 1.29 is 0 Å². The summed E-state index contributed by atoms with van der Waals surface area (Å²) in [5.74, 6) is 1.15. The summed E-state index contributed by atoms with van der Waals surface area (Å²) in [5, 5.41) is 0.758. The van der Waals surface area contributed by atoms with Crippen LogP contribution in [-0.4, -0.2) is 27.0 Å². The van der Waals surface area contributed by atoms with E-state index in [4.69, 9.17) is 11.6 Å². The molecule has 1 aliphatic rings. The Labute approximate surface area is 106 Å². The second-order valence-corrected chi connectivity index (χ2v) is 5.31. The first-order chi connectivity index (χ1) is 8.15. The van der Waals surface area contributed by atoms with E-state index in [2.05, 4.69) is 34.4 Å². The molecule has 90 valence electrons. The average Bonchev–Trinajstić information content (AvgIpc) is 2.64. The minimum Gasteiger partial charge on any atom is -0.326 e. The summed E-state index contributed by atoms with van der Waals surface area (Å²) in [7, 11) is 0. The topological polar surface area (TPSA) is 21.1 Å². The summed E-state index contributed by atoms with van der Waals surface area (Å²) >= 11 is 6.00. The molecule has 2 heterocycles. The van der Waals surface area contributed by atoms with Gasteiger partial charge in [0.1, 0.15) is 5.82 Å². The molecule has 0 amide bonds. The van der Waals surface area contributed by atoms with Gasteiger partial charge in [0.05, 0.1) is 17.6 Å². The zero-order valence-corrected chi connectivity index (χ0v) is 10.9. The summed E-state index contributed by atoms with van der Waals surface area (Å²) in [5.41, 5.74) is 2.21. The second-order valence-electron chi connectivity index (χ2n) is 4.88.